The van der Waals surface area contributed by atoms with E-state index in [9.17, 15) is 18.0 Å². The minimum Gasteiger partial charge on any atom is -0.406 e. The fraction of sp³-hybridized carbons (Fsp3) is 0.200. The summed E-state index contributed by atoms with van der Waals surface area (Å²) in [7, 11) is 0. The summed E-state index contributed by atoms with van der Waals surface area (Å²) in [5.74, 6) is -0.580. The number of ether oxygens (including phenoxy) is 1. The molecule has 0 aliphatic heterocycles. The predicted octanol–water partition coefficient (Wildman–Crippen LogP) is 1.28. The Morgan fingerprint density at radius 1 is 1.30 bits per heavy atom. The molecule has 7 nitrogen and oxygen atoms in total. The number of aromatic amines is 1. The molecule has 0 atom stereocenters. The van der Waals surface area contributed by atoms with E-state index in [1.165, 1.54) is 12.1 Å². The van der Waals surface area contributed by atoms with Crippen molar-refractivity contribution in [3.05, 3.63) is 30.1 Å². The van der Waals surface area contributed by atoms with E-state index in [-0.39, 0.29) is 18.0 Å². The van der Waals surface area contributed by atoms with E-state index in [4.69, 9.17) is 0 Å². The van der Waals surface area contributed by atoms with E-state index in [2.05, 4.69) is 30.7 Å². The van der Waals surface area contributed by atoms with Crippen molar-refractivity contribution in [3.63, 3.8) is 0 Å². The average molecular weight is 287 g/mol. The van der Waals surface area contributed by atoms with Crippen LogP contribution in [0.5, 0.6) is 5.75 Å². The number of aromatic nitrogens is 4. The van der Waals surface area contributed by atoms with Crippen LogP contribution in [0.4, 0.5) is 18.9 Å². The van der Waals surface area contributed by atoms with Crippen molar-refractivity contribution in [2.75, 3.05) is 5.32 Å². The van der Waals surface area contributed by atoms with Crippen molar-refractivity contribution in [2.24, 2.45) is 0 Å². The third kappa shape index (κ3) is 4.23. The lowest BCUT2D eigenvalue weighted by Crippen LogP contribution is -2.17. The number of hydrogen-bond donors (Lipinski definition) is 2. The second-order valence-electron chi connectivity index (χ2n) is 3.63. The fourth-order valence-corrected chi connectivity index (χ4v) is 1.35. The number of carbonyl (C=O) groups excluding carboxylic acids is 1. The first-order valence-electron chi connectivity index (χ1n) is 5.30. The first-order chi connectivity index (χ1) is 9.42. The molecule has 0 aliphatic carbocycles. The summed E-state index contributed by atoms with van der Waals surface area (Å²) in [6.45, 7) is 0. The van der Waals surface area contributed by atoms with Gasteiger partial charge in [0.15, 0.2) is 5.82 Å². The smallest absolute Gasteiger partial charge is 0.406 e. The van der Waals surface area contributed by atoms with Gasteiger partial charge in [-0.25, -0.2) is 0 Å². The molecule has 1 heterocycles. The van der Waals surface area contributed by atoms with Gasteiger partial charge in [0.25, 0.3) is 0 Å². The number of halogens is 3. The number of alkyl halides is 3. The standard InChI is InChI=1S/C10H8F3N5O2/c11-10(12,13)20-7-3-1-6(2-4-7)14-9(19)5-8-15-17-18-16-8/h1-4H,5H2,(H,14,19)(H,15,16,17,18). The Morgan fingerprint density at radius 3 is 2.55 bits per heavy atom. The van der Waals surface area contributed by atoms with Gasteiger partial charge in [-0.2, -0.15) is 5.21 Å². The van der Waals surface area contributed by atoms with Gasteiger partial charge in [0.05, 0.1) is 6.42 Å². The summed E-state index contributed by atoms with van der Waals surface area (Å²) in [4.78, 5) is 11.5. The second kappa shape index (κ2) is 5.55. The Kier molecular flexibility index (Phi) is 3.82. The Balaban J connectivity index is 1.92. The molecular formula is C10H8F3N5O2. The van der Waals surface area contributed by atoms with Gasteiger partial charge in [-0.05, 0) is 24.3 Å². The van der Waals surface area contributed by atoms with Crippen LogP contribution < -0.4 is 10.1 Å². The van der Waals surface area contributed by atoms with Crippen molar-refractivity contribution < 1.29 is 22.7 Å². The highest BCUT2D eigenvalue weighted by Gasteiger charge is 2.30. The maximum Gasteiger partial charge on any atom is 0.573 e. The van der Waals surface area contributed by atoms with Crippen LogP contribution in [0.25, 0.3) is 0 Å². The molecule has 0 spiro atoms. The van der Waals surface area contributed by atoms with Gasteiger partial charge in [-0.1, -0.05) is 5.21 Å². The molecule has 2 aromatic rings. The highest BCUT2D eigenvalue weighted by Crippen LogP contribution is 2.23. The molecule has 0 bridgehead atoms. The minimum atomic E-state index is -4.75. The number of carbonyl (C=O) groups is 1. The summed E-state index contributed by atoms with van der Waals surface area (Å²) in [5, 5.41) is 15.2. The lowest BCUT2D eigenvalue weighted by atomic mass is 10.3. The van der Waals surface area contributed by atoms with Crippen molar-refractivity contribution in [2.45, 2.75) is 12.8 Å². The number of H-pyrrole nitrogens is 1. The summed E-state index contributed by atoms with van der Waals surface area (Å²) < 4.78 is 39.5. The van der Waals surface area contributed by atoms with Crippen LogP contribution in [0.2, 0.25) is 0 Å². The lowest BCUT2D eigenvalue weighted by Gasteiger charge is -2.09. The average Bonchev–Trinajstić information content (AvgIpc) is 2.82. The number of hydrogen-bond acceptors (Lipinski definition) is 5. The molecule has 0 aliphatic rings. The Labute approximate surface area is 110 Å². The molecule has 0 radical (unpaired) electrons. The third-order valence-electron chi connectivity index (χ3n) is 2.08. The quantitative estimate of drug-likeness (QED) is 0.883. The maximum atomic E-state index is 11.9. The van der Waals surface area contributed by atoms with Crippen molar-refractivity contribution in [1.29, 1.82) is 0 Å². The zero-order valence-corrected chi connectivity index (χ0v) is 9.81. The molecule has 0 saturated heterocycles. The van der Waals surface area contributed by atoms with Crippen molar-refractivity contribution in [1.82, 2.24) is 20.6 Å². The van der Waals surface area contributed by atoms with Crippen LogP contribution in [0.1, 0.15) is 5.82 Å². The molecule has 10 heteroatoms. The summed E-state index contributed by atoms with van der Waals surface area (Å²) in [5.41, 5.74) is 0.327. The van der Waals surface area contributed by atoms with Gasteiger partial charge in [0.1, 0.15) is 5.75 Å². The molecule has 1 aromatic heterocycles. The summed E-state index contributed by atoms with van der Waals surface area (Å²) in [6, 6.07) is 4.76. The number of benzene rings is 1. The number of anilines is 1. The molecule has 0 unspecified atom stereocenters. The monoisotopic (exact) mass is 287 g/mol. The van der Waals surface area contributed by atoms with E-state index in [0.29, 0.717) is 5.69 Å². The first-order valence-corrected chi connectivity index (χ1v) is 5.30. The minimum absolute atomic E-state index is 0.0999. The van der Waals surface area contributed by atoms with Gasteiger partial charge < -0.3 is 10.1 Å². The number of amides is 1. The SMILES string of the molecule is O=C(Cc1nn[nH]n1)Nc1ccc(OC(F)(F)F)cc1. The predicted molar refractivity (Wildman–Crippen MR) is 59.6 cm³/mol. The van der Waals surface area contributed by atoms with Gasteiger partial charge >= 0.3 is 6.36 Å². The van der Waals surface area contributed by atoms with Gasteiger partial charge in [-0.15, -0.1) is 23.4 Å². The Bertz CT molecular complexity index is 568. The van der Waals surface area contributed by atoms with Crippen LogP contribution in [0.15, 0.2) is 24.3 Å². The number of rotatable bonds is 4. The molecular weight excluding hydrogens is 279 g/mol. The zero-order chi connectivity index (χ0) is 14.6. The molecule has 0 fully saturated rings. The Hall–Kier alpha value is -2.65. The number of tetrazole rings is 1. The molecule has 20 heavy (non-hydrogen) atoms. The summed E-state index contributed by atoms with van der Waals surface area (Å²) in [6.07, 6.45) is -4.85. The molecule has 2 rings (SSSR count). The van der Waals surface area contributed by atoms with E-state index in [1.807, 2.05) is 0 Å². The largest absolute Gasteiger partial charge is 0.573 e. The third-order valence-corrected chi connectivity index (χ3v) is 2.08. The molecule has 106 valence electrons. The van der Waals surface area contributed by atoms with E-state index in [1.54, 1.807) is 0 Å². The lowest BCUT2D eigenvalue weighted by molar-refractivity contribution is -0.274. The number of nitrogens with zero attached hydrogens (tertiary/aromatic N) is 3. The zero-order valence-electron chi connectivity index (χ0n) is 9.81. The van der Waals surface area contributed by atoms with Gasteiger partial charge in [0.2, 0.25) is 5.91 Å². The second-order valence-corrected chi connectivity index (χ2v) is 3.63. The maximum absolute atomic E-state index is 11.9. The highest BCUT2D eigenvalue weighted by atomic mass is 19.4. The summed E-state index contributed by atoms with van der Waals surface area (Å²) >= 11 is 0. The fourth-order valence-electron chi connectivity index (χ4n) is 1.35. The number of nitrogens with one attached hydrogen (secondary N) is 2. The molecule has 0 saturated carbocycles. The topological polar surface area (TPSA) is 92.8 Å². The van der Waals surface area contributed by atoms with E-state index < -0.39 is 12.3 Å². The molecule has 2 N–H and O–H groups in total. The van der Waals surface area contributed by atoms with E-state index >= 15 is 0 Å². The van der Waals surface area contributed by atoms with Crippen molar-refractivity contribution >= 4 is 11.6 Å². The van der Waals surface area contributed by atoms with Crippen LogP contribution >= 0.6 is 0 Å². The molecule has 1 amide bonds. The van der Waals surface area contributed by atoms with Crippen molar-refractivity contribution in [3.8, 4) is 5.75 Å². The Morgan fingerprint density at radius 2 is 2.00 bits per heavy atom. The van der Waals surface area contributed by atoms with Crippen LogP contribution in [-0.2, 0) is 11.2 Å². The van der Waals surface area contributed by atoms with Crippen LogP contribution in [0, 0.1) is 0 Å². The first kappa shape index (κ1) is 13.8. The normalized spacial score (nSPS) is 11.2. The van der Waals surface area contributed by atoms with Gasteiger partial charge in [-0.3, -0.25) is 4.79 Å². The molecule has 1 aromatic carbocycles. The van der Waals surface area contributed by atoms with Crippen LogP contribution in [-0.4, -0.2) is 32.9 Å². The van der Waals surface area contributed by atoms with E-state index in [0.717, 1.165) is 12.1 Å². The van der Waals surface area contributed by atoms with Gasteiger partial charge in [0, 0.05) is 5.69 Å². The highest BCUT2D eigenvalue weighted by molar-refractivity contribution is 5.91. The van der Waals surface area contributed by atoms with Crippen LogP contribution in [0.3, 0.4) is 0 Å².